The van der Waals surface area contributed by atoms with E-state index in [-0.39, 0.29) is 6.61 Å². The van der Waals surface area contributed by atoms with Crippen LogP contribution in [0.3, 0.4) is 0 Å². The molecule has 0 aliphatic rings. The van der Waals surface area contributed by atoms with Crippen LogP contribution in [-0.2, 0) is 11.2 Å². The molecule has 0 aliphatic carbocycles. The topological polar surface area (TPSA) is 67.8 Å². The molecule has 3 N–H and O–H groups in total. The van der Waals surface area contributed by atoms with Crippen molar-refractivity contribution < 1.29 is 23.1 Å². The van der Waals surface area contributed by atoms with Gasteiger partial charge in [-0.2, -0.15) is 13.2 Å². The van der Waals surface area contributed by atoms with Gasteiger partial charge in [-0.3, -0.25) is 0 Å². The Balaban J connectivity index is 2.31. The van der Waals surface area contributed by atoms with Crippen molar-refractivity contribution in [2.24, 2.45) is 16.8 Å². The summed E-state index contributed by atoms with van der Waals surface area (Å²) in [5.41, 5.74) is 6.11. The minimum Gasteiger partial charge on any atom is -0.409 e. The number of benzene rings is 1. The zero-order chi connectivity index (χ0) is 15.0. The van der Waals surface area contributed by atoms with E-state index < -0.39 is 24.5 Å². The summed E-state index contributed by atoms with van der Waals surface area (Å²) in [5.74, 6) is -2.97. The Bertz CT molecular complexity index is 421. The molecule has 0 aromatic heterocycles. The summed E-state index contributed by atoms with van der Waals surface area (Å²) in [5, 5.41) is 10.7. The van der Waals surface area contributed by atoms with Crippen molar-refractivity contribution in [3.63, 3.8) is 0 Å². The van der Waals surface area contributed by atoms with Crippen LogP contribution < -0.4 is 5.73 Å². The maximum absolute atomic E-state index is 12.6. The van der Waals surface area contributed by atoms with E-state index in [4.69, 9.17) is 15.7 Å². The average Bonchev–Trinajstić information content (AvgIpc) is 2.41. The van der Waals surface area contributed by atoms with Crippen LogP contribution >= 0.6 is 0 Å². The highest BCUT2D eigenvalue weighted by molar-refractivity contribution is 5.83. The number of amidine groups is 1. The maximum atomic E-state index is 12.6. The number of ether oxygens (including phenoxy) is 1. The van der Waals surface area contributed by atoms with E-state index in [1.807, 2.05) is 30.3 Å². The van der Waals surface area contributed by atoms with Gasteiger partial charge in [0.05, 0.1) is 6.61 Å². The third kappa shape index (κ3) is 5.48. The molecule has 1 unspecified atom stereocenters. The number of hydrogen-bond acceptors (Lipinski definition) is 3. The largest absolute Gasteiger partial charge is 0.409 e. The van der Waals surface area contributed by atoms with Gasteiger partial charge in [-0.1, -0.05) is 35.5 Å². The minimum atomic E-state index is -4.59. The highest BCUT2D eigenvalue weighted by atomic mass is 19.4. The van der Waals surface area contributed by atoms with Gasteiger partial charge in [-0.05, 0) is 18.4 Å². The molecule has 1 rings (SSSR count). The molecule has 112 valence electrons. The highest BCUT2D eigenvalue weighted by Gasteiger charge is 2.43. The van der Waals surface area contributed by atoms with Crippen LogP contribution in [0.4, 0.5) is 13.2 Å². The summed E-state index contributed by atoms with van der Waals surface area (Å²) in [6, 6.07) is 9.57. The summed E-state index contributed by atoms with van der Waals surface area (Å²) in [7, 11) is 0. The molecule has 7 heteroatoms. The second-order valence-corrected chi connectivity index (χ2v) is 4.28. The molecule has 0 radical (unpaired) electrons. The molecule has 0 heterocycles. The summed E-state index contributed by atoms with van der Waals surface area (Å²) >= 11 is 0. The predicted molar refractivity (Wildman–Crippen MR) is 68.5 cm³/mol. The van der Waals surface area contributed by atoms with Gasteiger partial charge < -0.3 is 15.7 Å². The molecule has 0 bridgehead atoms. The first kappa shape index (κ1) is 16.3. The standard InChI is InChI=1S/C13H17F3N2O2/c14-13(15,16)11(12(17)18-19)9-20-8-4-7-10-5-2-1-3-6-10/h1-3,5-6,11,19H,4,7-9H2,(H2,17,18). The molecule has 0 amide bonds. The number of alkyl halides is 3. The Labute approximate surface area is 115 Å². The van der Waals surface area contributed by atoms with Crippen molar-refractivity contribution in [2.45, 2.75) is 19.0 Å². The average molecular weight is 290 g/mol. The van der Waals surface area contributed by atoms with Gasteiger partial charge in [0.15, 0.2) is 5.84 Å². The lowest BCUT2D eigenvalue weighted by Gasteiger charge is -2.18. The Morgan fingerprint density at radius 2 is 1.95 bits per heavy atom. The van der Waals surface area contributed by atoms with E-state index in [2.05, 4.69) is 5.16 Å². The smallest absolute Gasteiger partial charge is 0.401 e. The summed E-state index contributed by atoms with van der Waals surface area (Å²) in [6.07, 6.45) is -3.26. The molecule has 4 nitrogen and oxygen atoms in total. The number of oxime groups is 1. The number of hydrogen-bond donors (Lipinski definition) is 2. The van der Waals surface area contributed by atoms with Crippen LogP contribution in [-0.4, -0.2) is 30.4 Å². The Morgan fingerprint density at radius 1 is 1.30 bits per heavy atom. The van der Waals surface area contributed by atoms with E-state index in [9.17, 15) is 13.2 Å². The lowest BCUT2D eigenvalue weighted by molar-refractivity contribution is -0.168. The summed E-state index contributed by atoms with van der Waals surface area (Å²) < 4.78 is 42.7. The fraction of sp³-hybridized carbons (Fsp3) is 0.462. The van der Waals surface area contributed by atoms with Crippen molar-refractivity contribution in [3.8, 4) is 0 Å². The molecule has 1 aromatic carbocycles. The predicted octanol–water partition coefficient (Wildman–Crippen LogP) is 2.56. The Morgan fingerprint density at radius 3 is 2.50 bits per heavy atom. The van der Waals surface area contributed by atoms with E-state index in [1.165, 1.54) is 0 Å². The molecule has 1 atom stereocenters. The van der Waals surface area contributed by atoms with Crippen LogP contribution in [0.1, 0.15) is 12.0 Å². The third-order valence-electron chi connectivity index (χ3n) is 2.75. The van der Waals surface area contributed by atoms with Crippen LogP contribution in [0.15, 0.2) is 35.5 Å². The zero-order valence-corrected chi connectivity index (χ0v) is 10.8. The molecular formula is C13H17F3N2O2. The van der Waals surface area contributed by atoms with Gasteiger partial charge in [-0.15, -0.1) is 0 Å². The van der Waals surface area contributed by atoms with Crippen LogP contribution in [0.25, 0.3) is 0 Å². The normalized spacial score (nSPS) is 14.2. The molecule has 0 saturated heterocycles. The van der Waals surface area contributed by atoms with Gasteiger partial charge in [0.1, 0.15) is 5.92 Å². The first-order valence-electron chi connectivity index (χ1n) is 6.11. The number of rotatable bonds is 7. The number of aryl methyl sites for hydroxylation is 1. The minimum absolute atomic E-state index is 0.181. The van der Waals surface area contributed by atoms with Gasteiger partial charge in [-0.25, -0.2) is 0 Å². The lowest BCUT2D eigenvalue weighted by Crippen LogP contribution is -2.39. The van der Waals surface area contributed by atoms with Crippen LogP contribution in [0, 0.1) is 5.92 Å². The van der Waals surface area contributed by atoms with Crippen molar-refractivity contribution >= 4 is 5.84 Å². The molecule has 1 aromatic rings. The number of nitrogens with zero attached hydrogens (tertiary/aromatic N) is 1. The zero-order valence-electron chi connectivity index (χ0n) is 10.8. The van der Waals surface area contributed by atoms with Crippen molar-refractivity contribution in [1.82, 2.24) is 0 Å². The van der Waals surface area contributed by atoms with Gasteiger partial charge in [0.2, 0.25) is 0 Å². The second kappa shape index (κ2) is 7.74. The van der Waals surface area contributed by atoms with Gasteiger partial charge >= 0.3 is 6.18 Å². The molecule has 0 aliphatic heterocycles. The quantitative estimate of drug-likeness (QED) is 0.267. The lowest BCUT2D eigenvalue weighted by atomic mass is 10.1. The van der Waals surface area contributed by atoms with Crippen molar-refractivity contribution in [2.75, 3.05) is 13.2 Å². The van der Waals surface area contributed by atoms with E-state index in [1.54, 1.807) is 0 Å². The van der Waals surface area contributed by atoms with Gasteiger partial charge in [0.25, 0.3) is 0 Å². The maximum Gasteiger partial charge on any atom is 0.401 e. The SMILES string of the molecule is N/C(=N/O)C(COCCCc1ccccc1)C(F)(F)F. The van der Waals surface area contributed by atoms with E-state index in [0.717, 1.165) is 12.0 Å². The van der Waals surface area contributed by atoms with Crippen molar-refractivity contribution in [1.29, 1.82) is 0 Å². The fourth-order valence-electron chi connectivity index (χ4n) is 1.64. The summed E-state index contributed by atoms with van der Waals surface area (Å²) in [4.78, 5) is 0. The van der Waals surface area contributed by atoms with Crippen molar-refractivity contribution in [3.05, 3.63) is 35.9 Å². The molecule has 0 fully saturated rings. The monoisotopic (exact) mass is 290 g/mol. The first-order chi connectivity index (χ1) is 9.45. The molecule has 0 saturated carbocycles. The van der Waals surface area contributed by atoms with E-state index >= 15 is 0 Å². The summed E-state index contributed by atoms with van der Waals surface area (Å²) in [6.45, 7) is -0.464. The second-order valence-electron chi connectivity index (χ2n) is 4.28. The first-order valence-corrected chi connectivity index (χ1v) is 6.11. The van der Waals surface area contributed by atoms with Gasteiger partial charge in [0, 0.05) is 6.61 Å². The fourth-order valence-corrected chi connectivity index (χ4v) is 1.64. The molecule has 0 spiro atoms. The Kier molecular flexibility index (Phi) is 6.30. The van der Waals surface area contributed by atoms with Crippen LogP contribution in [0.2, 0.25) is 0 Å². The number of halogens is 3. The molecule has 20 heavy (non-hydrogen) atoms. The van der Waals surface area contributed by atoms with E-state index in [0.29, 0.717) is 6.42 Å². The molecular weight excluding hydrogens is 273 g/mol. The Hall–Kier alpha value is -1.76. The number of nitrogens with two attached hydrogens (primary N) is 1. The third-order valence-corrected chi connectivity index (χ3v) is 2.75. The van der Waals surface area contributed by atoms with Crippen LogP contribution in [0.5, 0.6) is 0 Å². The highest BCUT2D eigenvalue weighted by Crippen LogP contribution is 2.26.